The Labute approximate surface area is 117 Å². The number of carbonyl (C=O) groups excluding carboxylic acids is 1. The van der Waals surface area contributed by atoms with Gasteiger partial charge in [0.25, 0.3) is 0 Å². The second kappa shape index (κ2) is 5.69. The number of aliphatic imine (C=N–C) groups is 1. The maximum absolute atomic E-state index is 11.4. The molecular weight excluding hydrogens is 254 g/mol. The second-order valence-corrected chi connectivity index (χ2v) is 4.65. The van der Waals surface area contributed by atoms with Crippen LogP contribution in [0.5, 0.6) is 5.75 Å². The van der Waals surface area contributed by atoms with E-state index in [4.69, 9.17) is 15.9 Å². The molecule has 0 spiro atoms. The van der Waals surface area contributed by atoms with Gasteiger partial charge in [-0.15, -0.1) is 0 Å². The van der Waals surface area contributed by atoms with Crippen molar-refractivity contribution >= 4 is 23.5 Å². The van der Waals surface area contributed by atoms with Gasteiger partial charge in [0, 0.05) is 29.5 Å². The van der Waals surface area contributed by atoms with Crippen molar-refractivity contribution in [2.45, 2.75) is 20.3 Å². The van der Waals surface area contributed by atoms with E-state index >= 15 is 0 Å². The molecule has 1 heterocycles. The summed E-state index contributed by atoms with van der Waals surface area (Å²) in [5, 5.41) is 7.32. The zero-order valence-corrected chi connectivity index (χ0v) is 11.6. The van der Waals surface area contributed by atoms with Gasteiger partial charge >= 0.3 is 0 Å². The molecular formula is C15H17N3O2. The molecule has 1 aliphatic heterocycles. The molecule has 2 rings (SSSR count). The molecule has 1 aromatic carbocycles. The number of nitrogens with one attached hydrogen (secondary N) is 1. The van der Waals surface area contributed by atoms with Gasteiger partial charge in [0.15, 0.2) is 5.78 Å². The minimum atomic E-state index is -0.00980. The van der Waals surface area contributed by atoms with Gasteiger partial charge in [-0.3, -0.25) is 10.2 Å². The normalized spacial score (nSPS) is 14.7. The number of ketones is 1. The Morgan fingerprint density at radius 2 is 2.20 bits per heavy atom. The number of nitrogens with two attached hydrogens (primary N) is 1. The van der Waals surface area contributed by atoms with Gasteiger partial charge in [0.2, 0.25) is 0 Å². The van der Waals surface area contributed by atoms with Crippen LogP contribution in [-0.4, -0.2) is 24.4 Å². The molecule has 0 saturated heterocycles. The highest BCUT2D eigenvalue weighted by atomic mass is 16.5. The summed E-state index contributed by atoms with van der Waals surface area (Å²) in [5.41, 5.74) is 8.94. The summed E-state index contributed by atoms with van der Waals surface area (Å²) in [6.45, 7) is 3.59. The first-order chi connectivity index (χ1) is 9.49. The Kier molecular flexibility index (Phi) is 3.98. The number of Topliss-reactive ketones (excluding diaryl/α,β-unsaturated/α-hetero) is 1. The van der Waals surface area contributed by atoms with Crippen LogP contribution in [0, 0.1) is 5.41 Å². The van der Waals surface area contributed by atoms with Gasteiger partial charge < -0.3 is 10.5 Å². The van der Waals surface area contributed by atoms with E-state index in [2.05, 4.69) is 4.99 Å². The third-order valence-corrected chi connectivity index (χ3v) is 3.07. The van der Waals surface area contributed by atoms with Crippen LogP contribution in [0.2, 0.25) is 0 Å². The van der Waals surface area contributed by atoms with E-state index in [1.165, 1.54) is 6.92 Å². The standard InChI is InChI=1S/C15H17N3O2/c1-9(19)11-3-4-13-14(7-11)20-6-5-12(15(13)17)8-18-10(2)16/h3-4,7-8,16H,5-6,17H2,1-2H3. The van der Waals surface area contributed by atoms with E-state index in [0.717, 1.165) is 11.1 Å². The molecule has 0 unspecified atom stereocenters. The first-order valence-electron chi connectivity index (χ1n) is 6.35. The zero-order chi connectivity index (χ0) is 14.7. The lowest BCUT2D eigenvalue weighted by molar-refractivity contribution is 0.101. The van der Waals surface area contributed by atoms with Gasteiger partial charge in [-0.1, -0.05) is 6.07 Å². The van der Waals surface area contributed by atoms with E-state index in [9.17, 15) is 4.79 Å². The summed E-state index contributed by atoms with van der Waals surface area (Å²) in [6, 6.07) is 5.24. The van der Waals surface area contributed by atoms with Crippen molar-refractivity contribution in [3.8, 4) is 5.75 Å². The lowest BCUT2D eigenvalue weighted by Gasteiger charge is -2.09. The van der Waals surface area contributed by atoms with Crippen LogP contribution in [0.25, 0.3) is 5.70 Å². The molecule has 0 bridgehead atoms. The SMILES string of the molecule is CC(=N)N=CC1=C(N)c2ccc(C(C)=O)cc2OCC1. The largest absolute Gasteiger partial charge is 0.493 e. The van der Waals surface area contributed by atoms with Crippen LogP contribution < -0.4 is 10.5 Å². The van der Waals surface area contributed by atoms with Gasteiger partial charge in [-0.25, -0.2) is 4.99 Å². The quantitative estimate of drug-likeness (QED) is 0.492. The molecule has 0 fully saturated rings. The highest BCUT2D eigenvalue weighted by Gasteiger charge is 2.16. The fourth-order valence-corrected chi connectivity index (χ4v) is 1.97. The van der Waals surface area contributed by atoms with Crippen LogP contribution in [0.15, 0.2) is 28.8 Å². The van der Waals surface area contributed by atoms with E-state index in [0.29, 0.717) is 30.0 Å². The predicted octanol–water partition coefficient (Wildman–Crippen LogP) is 2.41. The third-order valence-electron chi connectivity index (χ3n) is 3.07. The van der Waals surface area contributed by atoms with Gasteiger partial charge in [-0.2, -0.15) is 0 Å². The number of rotatable bonds is 2. The summed E-state index contributed by atoms with van der Waals surface area (Å²) in [6.07, 6.45) is 2.22. The monoisotopic (exact) mass is 271 g/mol. The predicted molar refractivity (Wildman–Crippen MR) is 79.6 cm³/mol. The molecule has 104 valence electrons. The summed E-state index contributed by atoms with van der Waals surface area (Å²) in [7, 11) is 0. The highest BCUT2D eigenvalue weighted by Crippen LogP contribution is 2.30. The van der Waals surface area contributed by atoms with Crippen molar-refractivity contribution in [3.63, 3.8) is 0 Å². The van der Waals surface area contributed by atoms with Gasteiger partial charge in [0.05, 0.1) is 6.61 Å². The van der Waals surface area contributed by atoms with Crippen molar-refractivity contribution in [1.82, 2.24) is 0 Å². The fourth-order valence-electron chi connectivity index (χ4n) is 1.97. The molecule has 0 aromatic heterocycles. The number of nitrogens with zero attached hydrogens (tertiary/aromatic N) is 1. The molecule has 5 heteroatoms. The molecule has 0 radical (unpaired) electrons. The van der Waals surface area contributed by atoms with E-state index in [1.54, 1.807) is 31.3 Å². The van der Waals surface area contributed by atoms with E-state index in [1.807, 2.05) is 0 Å². The summed E-state index contributed by atoms with van der Waals surface area (Å²) < 4.78 is 5.66. The number of hydrogen-bond acceptors (Lipinski definition) is 4. The van der Waals surface area contributed by atoms with Crippen molar-refractivity contribution < 1.29 is 9.53 Å². The van der Waals surface area contributed by atoms with Gasteiger partial charge in [0.1, 0.15) is 11.6 Å². The number of fused-ring (bicyclic) bond motifs is 1. The lowest BCUT2D eigenvalue weighted by atomic mass is 10.0. The molecule has 20 heavy (non-hydrogen) atoms. The van der Waals surface area contributed by atoms with Crippen LogP contribution in [0.1, 0.15) is 36.2 Å². The van der Waals surface area contributed by atoms with E-state index in [-0.39, 0.29) is 11.6 Å². The summed E-state index contributed by atoms with van der Waals surface area (Å²) in [4.78, 5) is 15.4. The van der Waals surface area contributed by atoms with Gasteiger partial charge in [-0.05, 0) is 31.6 Å². The third kappa shape index (κ3) is 2.93. The lowest BCUT2D eigenvalue weighted by Crippen LogP contribution is -2.03. The first kappa shape index (κ1) is 14.0. The maximum atomic E-state index is 11.4. The number of carbonyl (C=O) groups is 1. The van der Waals surface area contributed by atoms with Crippen LogP contribution >= 0.6 is 0 Å². The molecule has 3 N–H and O–H groups in total. The molecule has 0 aliphatic carbocycles. The highest BCUT2D eigenvalue weighted by molar-refractivity contribution is 5.98. The fraction of sp³-hybridized carbons (Fsp3) is 0.267. The number of benzene rings is 1. The van der Waals surface area contributed by atoms with E-state index < -0.39 is 0 Å². The molecule has 0 saturated carbocycles. The molecule has 5 nitrogen and oxygen atoms in total. The van der Waals surface area contributed by atoms with Crippen molar-refractivity contribution in [2.75, 3.05) is 6.61 Å². The van der Waals surface area contributed by atoms with Crippen molar-refractivity contribution in [2.24, 2.45) is 10.7 Å². The number of ether oxygens (including phenoxy) is 1. The Hall–Kier alpha value is -2.43. The molecule has 1 aromatic rings. The van der Waals surface area contributed by atoms with Crippen molar-refractivity contribution in [3.05, 3.63) is 34.9 Å². The number of hydrogen-bond donors (Lipinski definition) is 2. The Balaban J connectivity index is 2.46. The van der Waals surface area contributed by atoms with Crippen LogP contribution in [0.3, 0.4) is 0 Å². The average Bonchev–Trinajstić information content (AvgIpc) is 2.55. The van der Waals surface area contributed by atoms with Crippen molar-refractivity contribution in [1.29, 1.82) is 5.41 Å². The second-order valence-electron chi connectivity index (χ2n) is 4.65. The molecule has 0 amide bonds. The smallest absolute Gasteiger partial charge is 0.159 e. The Bertz CT molecular complexity index is 630. The van der Waals surface area contributed by atoms with Crippen LogP contribution in [-0.2, 0) is 0 Å². The first-order valence-corrected chi connectivity index (χ1v) is 6.35. The topological polar surface area (TPSA) is 88.5 Å². The average molecular weight is 271 g/mol. The Morgan fingerprint density at radius 3 is 2.85 bits per heavy atom. The minimum Gasteiger partial charge on any atom is -0.493 e. The summed E-state index contributed by atoms with van der Waals surface area (Å²) >= 11 is 0. The molecule has 1 aliphatic rings. The zero-order valence-electron chi connectivity index (χ0n) is 11.6. The number of amidine groups is 1. The maximum Gasteiger partial charge on any atom is 0.159 e. The Morgan fingerprint density at radius 1 is 1.45 bits per heavy atom. The minimum absolute atomic E-state index is 0.00980. The summed E-state index contributed by atoms with van der Waals surface area (Å²) in [5.74, 6) is 0.831. The van der Waals surface area contributed by atoms with Crippen LogP contribution in [0.4, 0.5) is 0 Å². The molecule has 0 atom stereocenters.